The fourth-order valence-corrected chi connectivity index (χ4v) is 10.3. The van der Waals surface area contributed by atoms with Gasteiger partial charge in [0.2, 0.25) is 5.69 Å². The molecule has 13 heteroatoms. The predicted molar refractivity (Wildman–Crippen MR) is 239 cm³/mol. The van der Waals surface area contributed by atoms with Crippen molar-refractivity contribution in [3.05, 3.63) is 124 Å². The number of likely N-dealkylation sites (N-methyl/N-ethyl adjacent to an activating group) is 1. The average molecular weight is 873 g/mol. The van der Waals surface area contributed by atoms with E-state index in [1.165, 1.54) is 47.0 Å². The van der Waals surface area contributed by atoms with E-state index >= 15 is 0 Å². The summed E-state index contributed by atoms with van der Waals surface area (Å²) < 4.78 is 66.7. The Hall–Kier alpha value is -4.88. The van der Waals surface area contributed by atoms with E-state index in [0.29, 0.717) is 17.9 Å². The lowest BCUT2D eigenvalue weighted by Crippen LogP contribution is -2.36. The summed E-state index contributed by atoms with van der Waals surface area (Å²) in [6.07, 6.45) is 9.89. The van der Waals surface area contributed by atoms with Crippen LogP contribution in [-0.2, 0) is 41.1 Å². The van der Waals surface area contributed by atoms with Crippen molar-refractivity contribution >= 4 is 76.9 Å². The van der Waals surface area contributed by atoms with Gasteiger partial charge in [0.05, 0.1) is 22.8 Å². The van der Waals surface area contributed by atoms with Crippen molar-refractivity contribution in [3.63, 3.8) is 0 Å². The van der Waals surface area contributed by atoms with Crippen molar-refractivity contribution in [1.29, 1.82) is 0 Å². The van der Waals surface area contributed by atoms with Crippen molar-refractivity contribution in [2.24, 2.45) is 11.3 Å². The number of allylic oxidation sites excluding steroid dienone is 8. The third-order valence-electron chi connectivity index (χ3n) is 12.6. The van der Waals surface area contributed by atoms with Gasteiger partial charge in [0.15, 0.2) is 5.71 Å². The topological polar surface area (TPSA) is 138 Å². The molecule has 4 aromatic rings. The van der Waals surface area contributed by atoms with Crippen LogP contribution in [0.25, 0.3) is 21.5 Å². The lowest BCUT2D eigenvalue weighted by Gasteiger charge is -2.36. The Labute approximate surface area is 359 Å². The Morgan fingerprint density at radius 3 is 2.20 bits per heavy atom. The first-order chi connectivity index (χ1) is 28.1. The number of benzene rings is 4. The Morgan fingerprint density at radius 1 is 0.917 bits per heavy atom. The number of fused-ring (bicyclic) bond motifs is 6. The first-order valence-corrected chi connectivity index (χ1v) is 22.8. The summed E-state index contributed by atoms with van der Waals surface area (Å²) in [7, 11) is -6.00. The zero-order chi connectivity index (χ0) is 44.1. The summed E-state index contributed by atoms with van der Waals surface area (Å²) in [5.41, 5.74) is 7.43. The minimum Gasteiger partial charge on any atom is -0.469 e. The molecular formula is C47H52ClN2O8S2+. The number of esters is 1. The standard InChI is InChI=1S/C47H51ClN2O5S.O3S/c1-10-49-37-22-16-29-14-12-13-15-35(29)41(37)46(5,6)39(49)24-18-31-26-33(45(3,4)44(51)55-9)27-32(43(31)48)19-25-40-47(7,8)42-36-21-20-34(56(52,53)54)28-30(36)17-23-38(42)50(40)11-2;1-4(2)3/h12-25,28,33H,10-11,26-27H2,1-9H3;/p+1. The van der Waals surface area contributed by atoms with Crippen molar-refractivity contribution in [1.82, 2.24) is 0 Å². The van der Waals surface area contributed by atoms with Crippen LogP contribution in [0.4, 0.5) is 11.4 Å². The number of hydrogen-bond donors (Lipinski definition) is 1. The van der Waals surface area contributed by atoms with Gasteiger partial charge in [-0.1, -0.05) is 74.0 Å². The second-order valence-electron chi connectivity index (χ2n) is 17.1. The number of hydrogen-bond acceptors (Lipinski definition) is 8. The number of carbonyl (C=O) groups is 1. The van der Waals surface area contributed by atoms with E-state index in [9.17, 15) is 17.8 Å². The highest BCUT2D eigenvalue weighted by atomic mass is 35.5. The Balaban J connectivity index is 0.00000144. The SMILES string of the molecule is CCN1C(=CC=C2CC(C(C)(C)C(=O)OC)CC(C=CC3=[N+](CC)c4ccc5ccccc5c4C3(C)C)=C2Cl)C(C)(C)c2c1ccc1cc(S(=O)(=O)O)ccc21.O=S(=O)=O. The van der Waals surface area contributed by atoms with Gasteiger partial charge < -0.3 is 9.64 Å². The highest BCUT2D eigenvalue weighted by Gasteiger charge is 2.46. The first-order valence-electron chi connectivity index (χ1n) is 19.9. The average Bonchev–Trinajstić information content (AvgIpc) is 3.56. The number of methoxy groups -OCH3 is 1. The fourth-order valence-electron chi connectivity index (χ4n) is 9.52. The summed E-state index contributed by atoms with van der Waals surface area (Å²) in [6.45, 7) is 18.7. The maximum Gasteiger partial charge on any atom is 0.425 e. The maximum absolute atomic E-state index is 13.3. The van der Waals surface area contributed by atoms with Crippen LogP contribution in [0.1, 0.15) is 79.4 Å². The van der Waals surface area contributed by atoms with Gasteiger partial charge in [-0.15, -0.1) is 12.6 Å². The maximum atomic E-state index is 13.3. The van der Waals surface area contributed by atoms with Gasteiger partial charge in [-0.05, 0) is 129 Å². The summed E-state index contributed by atoms with van der Waals surface area (Å²) in [5.74, 6) is -0.315. The van der Waals surface area contributed by atoms with Crippen LogP contribution < -0.4 is 4.90 Å². The van der Waals surface area contributed by atoms with Gasteiger partial charge in [-0.2, -0.15) is 13.0 Å². The van der Waals surface area contributed by atoms with Crippen LogP contribution >= 0.6 is 11.6 Å². The minimum atomic E-state index is -4.34. The van der Waals surface area contributed by atoms with E-state index in [0.717, 1.165) is 52.0 Å². The van der Waals surface area contributed by atoms with E-state index in [1.54, 1.807) is 6.07 Å². The predicted octanol–water partition coefficient (Wildman–Crippen LogP) is 9.92. The Kier molecular flexibility index (Phi) is 12.3. The molecule has 1 unspecified atom stereocenters. The van der Waals surface area contributed by atoms with Crippen LogP contribution in [0.2, 0.25) is 0 Å². The minimum absolute atomic E-state index is 0.0660. The van der Waals surface area contributed by atoms with Crippen LogP contribution in [-0.4, -0.2) is 62.1 Å². The number of anilines is 1. The smallest absolute Gasteiger partial charge is 0.425 e. The van der Waals surface area contributed by atoms with Crippen LogP contribution in [0.3, 0.4) is 0 Å². The number of nitrogens with zero attached hydrogens (tertiary/aromatic N) is 2. The molecule has 2 heterocycles. The van der Waals surface area contributed by atoms with Crippen molar-refractivity contribution in [2.75, 3.05) is 25.1 Å². The monoisotopic (exact) mass is 871 g/mol. The van der Waals surface area contributed by atoms with Gasteiger partial charge in [0, 0.05) is 46.1 Å². The molecule has 7 rings (SSSR count). The fraction of sp³-hybridized carbons (Fsp3) is 0.362. The van der Waals surface area contributed by atoms with E-state index in [1.807, 2.05) is 26.0 Å². The Bertz CT molecular complexity index is 2830. The second kappa shape index (κ2) is 16.5. The van der Waals surface area contributed by atoms with E-state index in [4.69, 9.17) is 29.0 Å². The van der Waals surface area contributed by atoms with Crippen molar-refractivity contribution < 1.29 is 39.7 Å². The van der Waals surface area contributed by atoms with Gasteiger partial charge in [-0.25, -0.2) is 0 Å². The molecule has 60 heavy (non-hydrogen) atoms. The van der Waals surface area contributed by atoms with Crippen LogP contribution in [0.15, 0.2) is 118 Å². The van der Waals surface area contributed by atoms with Crippen LogP contribution in [0, 0.1) is 11.3 Å². The normalized spacial score (nSPS) is 19.9. The largest absolute Gasteiger partial charge is 0.469 e. The number of carbonyl (C=O) groups excluding carboxylic acids is 1. The zero-order valence-electron chi connectivity index (χ0n) is 35.5. The molecule has 0 fully saturated rings. The molecule has 10 nitrogen and oxygen atoms in total. The van der Waals surface area contributed by atoms with Gasteiger partial charge in [0.25, 0.3) is 10.1 Å². The third-order valence-corrected chi connectivity index (χ3v) is 13.9. The van der Waals surface area contributed by atoms with Gasteiger partial charge >= 0.3 is 16.6 Å². The highest BCUT2D eigenvalue weighted by molar-refractivity contribution is 7.85. The molecular weight excluding hydrogens is 820 g/mol. The molecule has 2 aliphatic heterocycles. The number of ether oxygens (including phenoxy) is 1. The highest BCUT2D eigenvalue weighted by Crippen LogP contribution is 2.52. The molecule has 0 spiro atoms. The molecule has 4 aromatic carbocycles. The summed E-state index contributed by atoms with van der Waals surface area (Å²) >= 11 is 7.43. The lowest BCUT2D eigenvalue weighted by atomic mass is 9.69. The molecule has 0 saturated heterocycles. The molecule has 0 bridgehead atoms. The molecule has 3 aliphatic rings. The number of rotatable bonds is 8. The molecule has 0 radical (unpaired) electrons. The molecule has 1 aliphatic carbocycles. The molecule has 0 amide bonds. The number of halogens is 1. The molecule has 0 saturated carbocycles. The summed E-state index contributed by atoms with van der Waals surface area (Å²) in [5, 5.41) is 4.85. The van der Waals surface area contributed by atoms with Gasteiger partial charge in [0.1, 0.15) is 6.54 Å². The van der Waals surface area contributed by atoms with Crippen molar-refractivity contribution in [2.45, 2.75) is 84.0 Å². The summed E-state index contributed by atoms with van der Waals surface area (Å²) in [4.78, 5) is 15.4. The van der Waals surface area contributed by atoms with Crippen molar-refractivity contribution in [3.8, 4) is 0 Å². The Morgan fingerprint density at radius 2 is 1.57 bits per heavy atom. The summed E-state index contributed by atoms with van der Waals surface area (Å²) in [6, 6.07) is 21.7. The lowest BCUT2D eigenvalue weighted by molar-refractivity contribution is -0.433. The molecule has 316 valence electrons. The zero-order valence-corrected chi connectivity index (χ0v) is 37.8. The molecule has 1 atom stereocenters. The quantitative estimate of drug-likeness (QED) is 0.104. The van der Waals surface area contributed by atoms with Gasteiger partial charge in [-0.3, -0.25) is 9.35 Å². The molecule has 1 N–H and O–H groups in total. The second-order valence-corrected chi connectivity index (χ2v) is 19.3. The third kappa shape index (κ3) is 7.90. The van der Waals surface area contributed by atoms with Crippen LogP contribution in [0.5, 0.6) is 0 Å². The van der Waals surface area contributed by atoms with E-state index in [2.05, 4.69) is 112 Å². The first kappa shape index (κ1) is 44.7. The molecule has 0 aromatic heterocycles. The van der Waals surface area contributed by atoms with E-state index < -0.39 is 31.6 Å². The van der Waals surface area contributed by atoms with E-state index in [-0.39, 0.29) is 22.2 Å².